The molecule has 15 heavy (non-hydrogen) atoms. The van der Waals surface area contributed by atoms with Crippen LogP contribution in [0.15, 0.2) is 18.2 Å². The number of ether oxygens (including phenoxy) is 1. The van der Waals surface area contributed by atoms with Crippen LogP contribution in [0.25, 0.3) is 0 Å². The average molecular weight is 204 g/mol. The number of carbonyl (C=O) groups excluding carboxylic acids is 2. The van der Waals surface area contributed by atoms with Gasteiger partial charge in [-0.25, -0.2) is 4.79 Å². The summed E-state index contributed by atoms with van der Waals surface area (Å²) in [4.78, 5) is 21.3. The number of methoxy groups -OCH3 is 1. The van der Waals surface area contributed by atoms with Gasteiger partial charge in [0.05, 0.1) is 7.11 Å². The van der Waals surface area contributed by atoms with Crippen LogP contribution >= 0.6 is 0 Å². The Bertz CT molecular complexity index is 451. The molecule has 4 heteroatoms. The summed E-state index contributed by atoms with van der Waals surface area (Å²) in [6.07, 6.45) is 0.557. The molecule has 1 aromatic rings. The Morgan fingerprint density at radius 3 is 2.87 bits per heavy atom. The molecule has 0 saturated carbocycles. The maximum atomic E-state index is 10.7. The van der Waals surface area contributed by atoms with Crippen molar-refractivity contribution in [3.8, 4) is 17.6 Å². The van der Waals surface area contributed by atoms with Crippen LogP contribution in [0.4, 0.5) is 0 Å². The number of benzene rings is 1. The Labute approximate surface area is 86.5 Å². The van der Waals surface area contributed by atoms with Gasteiger partial charge in [0.1, 0.15) is 5.75 Å². The van der Waals surface area contributed by atoms with Gasteiger partial charge in [-0.1, -0.05) is 5.92 Å². The van der Waals surface area contributed by atoms with E-state index in [1.54, 1.807) is 0 Å². The standard InChI is InChI=1S/C11H8O4/c1-15-11(14)5-3-8-2-4-10(13)6-9(8)7-12/h2,4,6-7,13H,1H3. The lowest BCUT2D eigenvalue weighted by Gasteiger charge is -1.96. The van der Waals surface area contributed by atoms with E-state index >= 15 is 0 Å². The lowest BCUT2D eigenvalue weighted by molar-refractivity contribution is -0.133. The molecule has 0 saturated heterocycles. The Hall–Kier alpha value is -2.28. The van der Waals surface area contributed by atoms with Gasteiger partial charge in [0, 0.05) is 17.0 Å². The second-order valence-electron chi connectivity index (χ2n) is 2.63. The summed E-state index contributed by atoms with van der Waals surface area (Å²) in [7, 11) is 1.22. The summed E-state index contributed by atoms with van der Waals surface area (Å²) in [6.45, 7) is 0. The van der Waals surface area contributed by atoms with E-state index < -0.39 is 5.97 Å². The maximum absolute atomic E-state index is 10.7. The molecule has 0 aromatic heterocycles. The molecule has 76 valence electrons. The van der Waals surface area contributed by atoms with Crippen LogP contribution < -0.4 is 0 Å². The van der Waals surface area contributed by atoms with Crippen LogP contribution in [0, 0.1) is 11.8 Å². The third kappa shape index (κ3) is 2.85. The molecule has 0 amide bonds. The first kappa shape index (κ1) is 10.8. The smallest absolute Gasteiger partial charge is 0.384 e. The van der Waals surface area contributed by atoms with Crippen molar-refractivity contribution in [1.29, 1.82) is 0 Å². The van der Waals surface area contributed by atoms with E-state index in [9.17, 15) is 9.59 Å². The first-order chi connectivity index (χ1) is 7.17. The van der Waals surface area contributed by atoms with E-state index in [1.165, 1.54) is 25.3 Å². The number of phenolic OH excluding ortho intramolecular Hbond substituents is 1. The number of hydrogen-bond acceptors (Lipinski definition) is 4. The summed E-state index contributed by atoms with van der Waals surface area (Å²) < 4.78 is 4.32. The normalized spacial score (nSPS) is 8.60. The fraction of sp³-hybridized carbons (Fsp3) is 0.0909. The first-order valence-corrected chi connectivity index (χ1v) is 4.05. The molecule has 0 radical (unpaired) electrons. The predicted octanol–water partition coefficient (Wildman–Crippen LogP) is 0.729. The van der Waals surface area contributed by atoms with Gasteiger partial charge in [-0.15, -0.1) is 0 Å². The van der Waals surface area contributed by atoms with Gasteiger partial charge >= 0.3 is 5.97 Å². The molecule has 0 bridgehead atoms. The molecule has 0 aliphatic carbocycles. The number of hydrogen-bond donors (Lipinski definition) is 1. The minimum absolute atomic E-state index is 0.0271. The van der Waals surface area contributed by atoms with E-state index in [2.05, 4.69) is 16.6 Å². The molecular formula is C11H8O4. The van der Waals surface area contributed by atoms with E-state index in [1.807, 2.05) is 0 Å². The Kier molecular flexibility index (Phi) is 3.47. The zero-order chi connectivity index (χ0) is 11.3. The summed E-state index contributed by atoms with van der Waals surface area (Å²) >= 11 is 0. The van der Waals surface area contributed by atoms with Crippen molar-refractivity contribution >= 4 is 12.3 Å². The van der Waals surface area contributed by atoms with Gasteiger partial charge in [0.25, 0.3) is 0 Å². The molecule has 1 aromatic carbocycles. The third-order valence-corrected chi connectivity index (χ3v) is 1.65. The molecule has 0 spiro atoms. The van der Waals surface area contributed by atoms with Gasteiger partial charge in [0.2, 0.25) is 0 Å². The number of esters is 1. The summed E-state index contributed by atoms with van der Waals surface area (Å²) in [5, 5.41) is 9.09. The fourth-order valence-corrected chi connectivity index (χ4v) is 0.931. The number of phenols is 1. The van der Waals surface area contributed by atoms with Crippen LogP contribution in [-0.2, 0) is 9.53 Å². The molecule has 0 heterocycles. The van der Waals surface area contributed by atoms with Crippen molar-refractivity contribution < 1.29 is 19.4 Å². The fourth-order valence-electron chi connectivity index (χ4n) is 0.931. The van der Waals surface area contributed by atoms with Gasteiger partial charge < -0.3 is 9.84 Å². The zero-order valence-electron chi connectivity index (χ0n) is 7.98. The number of aldehydes is 1. The zero-order valence-corrected chi connectivity index (χ0v) is 7.98. The first-order valence-electron chi connectivity index (χ1n) is 4.05. The summed E-state index contributed by atoms with van der Waals surface area (Å²) in [5.41, 5.74) is 0.597. The predicted molar refractivity (Wildman–Crippen MR) is 52.4 cm³/mol. The van der Waals surface area contributed by atoms with Crippen molar-refractivity contribution in [3.05, 3.63) is 29.3 Å². The minimum atomic E-state index is -0.681. The van der Waals surface area contributed by atoms with E-state index in [0.717, 1.165) is 0 Å². The molecule has 1 rings (SSSR count). The number of rotatable bonds is 1. The van der Waals surface area contributed by atoms with Crippen molar-refractivity contribution in [1.82, 2.24) is 0 Å². The lowest BCUT2D eigenvalue weighted by atomic mass is 10.1. The Morgan fingerprint density at radius 1 is 1.53 bits per heavy atom. The molecule has 0 fully saturated rings. The van der Waals surface area contributed by atoms with Gasteiger partial charge in [-0.05, 0) is 18.2 Å². The minimum Gasteiger partial charge on any atom is -0.508 e. The quantitative estimate of drug-likeness (QED) is 0.416. The lowest BCUT2D eigenvalue weighted by Crippen LogP contribution is -1.95. The number of carbonyl (C=O) groups is 2. The van der Waals surface area contributed by atoms with Gasteiger partial charge in [-0.2, -0.15) is 0 Å². The third-order valence-electron chi connectivity index (χ3n) is 1.65. The van der Waals surface area contributed by atoms with E-state index in [0.29, 0.717) is 11.8 Å². The molecule has 4 nitrogen and oxygen atoms in total. The largest absolute Gasteiger partial charge is 0.508 e. The summed E-state index contributed by atoms with van der Waals surface area (Å²) in [5.74, 6) is 3.96. The van der Waals surface area contributed by atoms with Crippen molar-refractivity contribution in [2.24, 2.45) is 0 Å². The Balaban J connectivity index is 3.08. The maximum Gasteiger partial charge on any atom is 0.384 e. The Morgan fingerprint density at radius 2 is 2.27 bits per heavy atom. The highest BCUT2D eigenvalue weighted by atomic mass is 16.5. The highest BCUT2D eigenvalue weighted by molar-refractivity contribution is 5.90. The van der Waals surface area contributed by atoms with Crippen molar-refractivity contribution in [3.63, 3.8) is 0 Å². The second-order valence-corrected chi connectivity index (χ2v) is 2.63. The number of aromatic hydroxyl groups is 1. The highest BCUT2D eigenvalue weighted by Crippen LogP contribution is 2.13. The van der Waals surface area contributed by atoms with Crippen LogP contribution in [0.1, 0.15) is 15.9 Å². The SMILES string of the molecule is COC(=O)C#Cc1ccc(O)cc1C=O. The van der Waals surface area contributed by atoms with Crippen LogP contribution in [0.3, 0.4) is 0 Å². The highest BCUT2D eigenvalue weighted by Gasteiger charge is 2.00. The topological polar surface area (TPSA) is 63.6 Å². The van der Waals surface area contributed by atoms with Crippen molar-refractivity contribution in [2.75, 3.05) is 7.11 Å². The van der Waals surface area contributed by atoms with E-state index in [-0.39, 0.29) is 11.3 Å². The van der Waals surface area contributed by atoms with E-state index in [4.69, 9.17) is 5.11 Å². The second kappa shape index (κ2) is 4.82. The van der Waals surface area contributed by atoms with Crippen LogP contribution in [0.2, 0.25) is 0 Å². The van der Waals surface area contributed by atoms with Gasteiger partial charge in [0.15, 0.2) is 6.29 Å². The monoisotopic (exact) mass is 204 g/mol. The molecule has 1 N–H and O–H groups in total. The van der Waals surface area contributed by atoms with Crippen LogP contribution in [-0.4, -0.2) is 24.5 Å². The molecule has 0 atom stereocenters. The van der Waals surface area contributed by atoms with Gasteiger partial charge in [-0.3, -0.25) is 4.79 Å². The average Bonchev–Trinajstić information content (AvgIpc) is 2.26. The molecule has 0 unspecified atom stereocenters. The molecule has 0 aliphatic heterocycles. The molecule has 0 aliphatic rings. The molecular weight excluding hydrogens is 196 g/mol. The van der Waals surface area contributed by atoms with Crippen molar-refractivity contribution in [2.45, 2.75) is 0 Å². The summed E-state index contributed by atoms with van der Waals surface area (Å²) in [6, 6.07) is 4.11. The van der Waals surface area contributed by atoms with Crippen LogP contribution in [0.5, 0.6) is 5.75 Å².